The zero-order chi connectivity index (χ0) is 48.0. The van der Waals surface area contributed by atoms with E-state index in [2.05, 4.69) is 251 Å². The summed E-state index contributed by atoms with van der Waals surface area (Å²) in [5.74, 6) is 0. The highest BCUT2D eigenvalue weighted by molar-refractivity contribution is 6.32. The molecule has 3 heterocycles. The lowest BCUT2D eigenvalue weighted by Gasteiger charge is -2.30. The number of rotatable bonds is 8. The van der Waals surface area contributed by atoms with Crippen LogP contribution in [0.1, 0.15) is 0 Å². The molecule has 15 aromatic rings. The number of para-hydroxylation sites is 5. The molecule has 73 heavy (non-hydrogen) atoms. The summed E-state index contributed by atoms with van der Waals surface area (Å²) in [5, 5.41) is 11.7. The van der Waals surface area contributed by atoms with Gasteiger partial charge in [-0.2, -0.15) is 0 Å². The molecule has 0 bridgehead atoms. The van der Waals surface area contributed by atoms with E-state index in [1.807, 2.05) is 24.3 Å². The highest BCUT2D eigenvalue weighted by Crippen LogP contribution is 2.48. The van der Waals surface area contributed by atoms with Gasteiger partial charge in [0.2, 0.25) is 0 Å². The van der Waals surface area contributed by atoms with E-state index in [1.165, 1.54) is 37.8 Å². The molecule has 0 fully saturated rings. The van der Waals surface area contributed by atoms with Crippen LogP contribution in [0.4, 0.5) is 34.1 Å². The number of aromatic nitrogens is 1. The van der Waals surface area contributed by atoms with Gasteiger partial charge in [0.1, 0.15) is 22.3 Å². The van der Waals surface area contributed by atoms with Gasteiger partial charge in [-0.05, 0) is 143 Å². The van der Waals surface area contributed by atoms with Crippen LogP contribution < -0.4 is 9.80 Å². The Kier molecular flexibility index (Phi) is 9.19. The Morgan fingerprint density at radius 1 is 0.260 bits per heavy atom. The van der Waals surface area contributed by atoms with E-state index < -0.39 is 0 Å². The number of fused-ring (bicyclic) bond motifs is 14. The number of furan rings is 2. The summed E-state index contributed by atoms with van der Waals surface area (Å²) in [4.78, 5) is 4.76. The monoisotopic (exact) mass is 933 g/mol. The molecule has 5 heteroatoms. The minimum atomic E-state index is 0.855. The molecule has 0 aliphatic heterocycles. The highest BCUT2D eigenvalue weighted by atomic mass is 16.3. The summed E-state index contributed by atoms with van der Waals surface area (Å²) in [5.41, 5.74) is 15.2. The van der Waals surface area contributed by atoms with Crippen LogP contribution in [0.2, 0.25) is 0 Å². The molecule has 0 aliphatic rings. The van der Waals surface area contributed by atoms with Crippen LogP contribution >= 0.6 is 0 Å². The Morgan fingerprint density at radius 3 is 1.27 bits per heavy atom. The van der Waals surface area contributed by atoms with Gasteiger partial charge in [-0.3, -0.25) is 0 Å². The Morgan fingerprint density at radius 2 is 0.712 bits per heavy atom. The van der Waals surface area contributed by atoms with Crippen LogP contribution in [0.3, 0.4) is 0 Å². The van der Waals surface area contributed by atoms with Gasteiger partial charge >= 0.3 is 0 Å². The summed E-state index contributed by atoms with van der Waals surface area (Å²) < 4.78 is 15.2. The summed E-state index contributed by atoms with van der Waals surface area (Å²) in [7, 11) is 0. The second-order valence-electron chi connectivity index (χ2n) is 18.9. The minimum Gasteiger partial charge on any atom is -0.456 e. The largest absolute Gasteiger partial charge is 0.456 e. The smallest absolute Gasteiger partial charge is 0.135 e. The minimum absolute atomic E-state index is 0.855. The number of hydrogen-bond acceptors (Lipinski definition) is 4. The first kappa shape index (κ1) is 41.0. The van der Waals surface area contributed by atoms with Crippen LogP contribution in [0.15, 0.2) is 270 Å². The third kappa shape index (κ3) is 6.56. The standard InChI is InChI=1S/C68H43N3O2/c1-4-18-46(19-5-1)69(49-33-36-65-59(42-49)55-26-14-16-30-63(55)72-65)51-38-45(39-52(41-51)70(47-20-6-2-7-21-47)50-34-37-66-60(43-50)56-27-15-17-31-64(56)73-66)44-32-35-62-61(40-44)67-57-28-12-10-24-53(57)54-25-11-13-29-58(54)68(67)71(62)48-22-8-3-9-23-48/h1-43H. The predicted octanol–water partition coefficient (Wildman–Crippen LogP) is 19.5. The van der Waals surface area contributed by atoms with Gasteiger partial charge in [-0.25, -0.2) is 0 Å². The van der Waals surface area contributed by atoms with Crippen LogP contribution in [0.5, 0.6) is 0 Å². The first-order chi connectivity index (χ1) is 36.2. The van der Waals surface area contributed by atoms with Crippen LogP contribution in [0, 0.1) is 0 Å². The van der Waals surface area contributed by atoms with Gasteiger partial charge in [0, 0.05) is 77.5 Å². The van der Waals surface area contributed by atoms with Gasteiger partial charge in [0.15, 0.2) is 0 Å². The van der Waals surface area contributed by atoms with E-state index in [0.29, 0.717) is 0 Å². The Balaban J connectivity index is 1.03. The van der Waals surface area contributed by atoms with Crippen molar-refractivity contribution in [1.82, 2.24) is 4.57 Å². The molecular weight excluding hydrogens is 891 g/mol. The lowest BCUT2D eigenvalue weighted by atomic mass is 9.95. The average Bonchev–Trinajstić information content (AvgIpc) is 4.14. The third-order valence-electron chi connectivity index (χ3n) is 14.7. The van der Waals surface area contributed by atoms with Crippen LogP contribution in [0.25, 0.3) is 104 Å². The van der Waals surface area contributed by atoms with Gasteiger partial charge in [0.25, 0.3) is 0 Å². The average molecular weight is 934 g/mol. The first-order valence-corrected chi connectivity index (χ1v) is 24.8. The molecule has 3 aromatic heterocycles. The zero-order valence-corrected chi connectivity index (χ0v) is 39.5. The number of nitrogens with zero attached hydrogens (tertiary/aromatic N) is 3. The molecule has 342 valence electrons. The van der Waals surface area contributed by atoms with E-state index in [-0.39, 0.29) is 0 Å². The molecule has 0 amide bonds. The quantitative estimate of drug-likeness (QED) is 0.142. The van der Waals surface area contributed by atoms with Gasteiger partial charge in [-0.15, -0.1) is 0 Å². The van der Waals surface area contributed by atoms with Gasteiger partial charge in [-0.1, -0.05) is 146 Å². The maximum atomic E-state index is 6.39. The normalized spacial score (nSPS) is 11.8. The molecule has 0 radical (unpaired) electrons. The fourth-order valence-corrected chi connectivity index (χ4v) is 11.5. The Hall–Kier alpha value is -9.84. The number of anilines is 6. The topological polar surface area (TPSA) is 37.7 Å². The predicted molar refractivity (Wildman–Crippen MR) is 305 cm³/mol. The van der Waals surface area contributed by atoms with Crippen molar-refractivity contribution in [3.63, 3.8) is 0 Å². The van der Waals surface area contributed by atoms with Crippen molar-refractivity contribution in [1.29, 1.82) is 0 Å². The molecule has 12 aromatic carbocycles. The molecule has 0 saturated heterocycles. The van der Waals surface area contributed by atoms with E-state index in [9.17, 15) is 0 Å². The lowest BCUT2D eigenvalue weighted by Crippen LogP contribution is -2.13. The number of benzene rings is 12. The van der Waals surface area contributed by atoms with Crippen molar-refractivity contribution in [3.8, 4) is 16.8 Å². The van der Waals surface area contributed by atoms with Crippen molar-refractivity contribution < 1.29 is 8.83 Å². The molecule has 0 spiro atoms. The van der Waals surface area contributed by atoms with Crippen molar-refractivity contribution in [2.24, 2.45) is 0 Å². The second-order valence-corrected chi connectivity index (χ2v) is 18.9. The maximum absolute atomic E-state index is 6.39. The Labute approximate surface area is 420 Å². The van der Waals surface area contributed by atoms with Crippen molar-refractivity contribution in [2.75, 3.05) is 9.80 Å². The Bertz CT molecular complexity index is 4450. The van der Waals surface area contributed by atoms with Crippen molar-refractivity contribution in [2.45, 2.75) is 0 Å². The number of hydrogen-bond donors (Lipinski definition) is 0. The van der Waals surface area contributed by atoms with Crippen molar-refractivity contribution in [3.05, 3.63) is 261 Å². The molecular formula is C68H43N3O2. The van der Waals surface area contributed by atoms with E-state index in [1.54, 1.807) is 0 Å². The maximum Gasteiger partial charge on any atom is 0.135 e. The molecule has 15 rings (SSSR count). The summed E-state index contributed by atoms with van der Waals surface area (Å²) >= 11 is 0. The van der Waals surface area contributed by atoms with Gasteiger partial charge < -0.3 is 23.2 Å². The van der Waals surface area contributed by atoms with Crippen LogP contribution in [-0.4, -0.2) is 4.57 Å². The second kappa shape index (κ2) is 16.4. The lowest BCUT2D eigenvalue weighted by molar-refractivity contribution is 0.668. The fraction of sp³-hybridized carbons (Fsp3) is 0. The fourth-order valence-electron chi connectivity index (χ4n) is 11.5. The molecule has 0 aliphatic carbocycles. The van der Waals surface area contributed by atoms with Gasteiger partial charge in [0.05, 0.1) is 11.0 Å². The zero-order valence-electron chi connectivity index (χ0n) is 39.5. The third-order valence-corrected chi connectivity index (χ3v) is 14.7. The molecule has 0 atom stereocenters. The summed E-state index contributed by atoms with van der Waals surface area (Å²) in [6, 6.07) is 93.7. The van der Waals surface area contributed by atoms with Crippen LogP contribution in [-0.2, 0) is 0 Å². The van der Waals surface area contributed by atoms with Crippen molar-refractivity contribution >= 4 is 121 Å². The summed E-state index contributed by atoms with van der Waals surface area (Å²) in [6.07, 6.45) is 0. The van der Waals surface area contributed by atoms with E-state index in [4.69, 9.17) is 8.83 Å². The molecule has 0 N–H and O–H groups in total. The molecule has 0 saturated carbocycles. The molecule has 5 nitrogen and oxygen atoms in total. The first-order valence-electron chi connectivity index (χ1n) is 24.8. The van der Waals surface area contributed by atoms with E-state index >= 15 is 0 Å². The van der Waals surface area contributed by atoms with E-state index in [0.717, 1.165) is 100 Å². The highest BCUT2D eigenvalue weighted by Gasteiger charge is 2.24. The SMILES string of the molecule is c1ccc(N(c2cc(-c3ccc4c(c3)c3c5ccccc5c5ccccc5c3n4-c3ccccc3)cc(N(c3ccccc3)c3ccc4oc5ccccc5c4c3)c2)c2ccc3oc4ccccc4c3c2)cc1. The molecule has 0 unspecified atom stereocenters. The summed E-state index contributed by atoms with van der Waals surface area (Å²) in [6.45, 7) is 0.